The van der Waals surface area contributed by atoms with Crippen molar-refractivity contribution in [2.75, 3.05) is 26.3 Å². The number of amides is 1. The minimum Gasteiger partial charge on any atom is -0.381 e. The molecule has 38 heavy (non-hydrogen) atoms. The highest BCUT2D eigenvalue weighted by atomic mass is 19.1. The van der Waals surface area contributed by atoms with E-state index in [1.165, 1.54) is 38.7 Å². The van der Waals surface area contributed by atoms with E-state index in [9.17, 15) is 18.0 Å². The lowest BCUT2D eigenvalue weighted by Gasteiger charge is -2.09. The smallest absolute Gasteiger partial charge is 0.245 e. The van der Waals surface area contributed by atoms with E-state index in [2.05, 4.69) is 5.64 Å². The molecule has 1 saturated carbocycles. The van der Waals surface area contributed by atoms with Crippen LogP contribution in [0.25, 0.3) is 11.1 Å². The van der Waals surface area contributed by atoms with E-state index in [4.69, 9.17) is 4.74 Å². The second-order valence-electron chi connectivity index (χ2n) is 9.08. The third-order valence-electron chi connectivity index (χ3n) is 6.02. The fourth-order valence-corrected chi connectivity index (χ4v) is 3.49. The van der Waals surface area contributed by atoms with E-state index >= 15 is 0 Å². The van der Waals surface area contributed by atoms with Crippen molar-refractivity contribution in [2.45, 2.75) is 80.2 Å². The van der Waals surface area contributed by atoms with Crippen LogP contribution in [0.15, 0.2) is 36.4 Å². The Morgan fingerprint density at radius 2 is 1.58 bits per heavy atom. The monoisotopic (exact) mass is 535 g/mol. The SMILES string of the molecule is C1COC1.CC.CC.CC(F)[B]N.Cc1ccc(F)c(-c2cccc(C)c2F)c1.O=CN1CCC2(CC2)C1. The molecule has 0 bridgehead atoms. The second kappa shape index (κ2) is 19.7. The first-order valence-electron chi connectivity index (χ1n) is 13.7. The number of alkyl halides is 1. The lowest BCUT2D eigenvalue weighted by atomic mass is 9.91. The van der Waals surface area contributed by atoms with Crippen LogP contribution in [-0.2, 0) is 9.53 Å². The van der Waals surface area contributed by atoms with Crippen molar-refractivity contribution in [2.24, 2.45) is 11.1 Å². The number of hydrogen-bond donors (Lipinski definition) is 1. The summed E-state index contributed by atoms with van der Waals surface area (Å²) < 4.78 is 43.4. The number of hydrogen-bond acceptors (Lipinski definition) is 3. The van der Waals surface area contributed by atoms with Crippen molar-refractivity contribution >= 4 is 13.8 Å². The maximum absolute atomic E-state index is 13.8. The van der Waals surface area contributed by atoms with Gasteiger partial charge in [-0.15, -0.1) is 0 Å². The number of benzene rings is 2. The van der Waals surface area contributed by atoms with Crippen LogP contribution in [0.1, 0.15) is 71.4 Å². The summed E-state index contributed by atoms with van der Waals surface area (Å²) in [5, 5.41) is 0. The number of carbonyl (C=O) groups excluding carboxylic acids is 1. The Morgan fingerprint density at radius 3 is 1.97 bits per heavy atom. The van der Waals surface area contributed by atoms with Crippen molar-refractivity contribution in [3.05, 3.63) is 59.2 Å². The van der Waals surface area contributed by atoms with Crippen LogP contribution in [-0.4, -0.2) is 51.1 Å². The van der Waals surface area contributed by atoms with Gasteiger partial charge in [0.2, 0.25) is 13.8 Å². The Labute approximate surface area is 229 Å². The first kappa shape index (κ1) is 35.7. The molecule has 2 N–H and O–H groups in total. The number of likely N-dealkylation sites (tertiary alicyclic amines) is 1. The summed E-state index contributed by atoms with van der Waals surface area (Å²) in [4.78, 5) is 12.1. The molecule has 1 amide bonds. The van der Waals surface area contributed by atoms with Crippen molar-refractivity contribution in [3.63, 3.8) is 0 Å². The summed E-state index contributed by atoms with van der Waals surface area (Å²) in [6.07, 6.45) is 5.27. The van der Waals surface area contributed by atoms with Crippen LogP contribution in [0.2, 0.25) is 0 Å². The van der Waals surface area contributed by atoms with Crippen LogP contribution in [0.3, 0.4) is 0 Å². The Bertz CT molecular complexity index is 916. The minimum absolute atomic E-state index is 0.321. The van der Waals surface area contributed by atoms with E-state index in [-0.39, 0.29) is 5.82 Å². The number of nitrogens with two attached hydrogens (primary N) is 1. The zero-order valence-electron chi connectivity index (χ0n) is 24.3. The number of halogens is 3. The third kappa shape index (κ3) is 13.0. The molecule has 213 valence electrons. The van der Waals surface area contributed by atoms with Gasteiger partial charge in [-0.3, -0.25) is 9.18 Å². The van der Waals surface area contributed by atoms with Gasteiger partial charge in [0.15, 0.2) is 0 Å². The molecule has 0 aromatic heterocycles. The number of carbonyl (C=O) groups is 1. The van der Waals surface area contributed by atoms with Crippen molar-refractivity contribution in [3.8, 4) is 11.1 Å². The molecule has 5 rings (SSSR count). The molecule has 2 aromatic carbocycles. The summed E-state index contributed by atoms with van der Waals surface area (Å²) in [6, 6.07) is 9.70. The molecule has 2 heterocycles. The van der Waals surface area contributed by atoms with Gasteiger partial charge in [-0.1, -0.05) is 57.5 Å². The quantitative estimate of drug-likeness (QED) is 0.334. The topological polar surface area (TPSA) is 55.6 Å². The Balaban J connectivity index is 0.000000522. The van der Waals surface area contributed by atoms with Crippen LogP contribution in [0.5, 0.6) is 0 Å². The summed E-state index contributed by atoms with van der Waals surface area (Å²) in [5.41, 5.74) is 7.36. The van der Waals surface area contributed by atoms with Gasteiger partial charge in [0.25, 0.3) is 0 Å². The van der Waals surface area contributed by atoms with E-state index in [0.717, 1.165) is 45.7 Å². The molecular formula is C30H47BF3N2O2. The molecule has 1 unspecified atom stereocenters. The second-order valence-corrected chi connectivity index (χ2v) is 9.08. The van der Waals surface area contributed by atoms with Gasteiger partial charge < -0.3 is 15.3 Å². The van der Waals surface area contributed by atoms with Gasteiger partial charge >= 0.3 is 0 Å². The summed E-state index contributed by atoms with van der Waals surface area (Å²) >= 11 is 0. The molecule has 1 radical (unpaired) electrons. The molecule has 2 aliphatic heterocycles. The van der Waals surface area contributed by atoms with E-state index in [1.807, 2.05) is 39.5 Å². The largest absolute Gasteiger partial charge is 0.381 e. The Morgan fingerprint density at radius 1 is 1.03 bits per heavy atom. The molecule has 8 heteroatoms. The molecule has 1 atom stereocenters. The Hall–Kier alpha value is -2.32. The van der Waals surface area contributed by atoms with Gasteiger partial charge in [-0.05, 0) is 69.6 Å². The average Bonchev–Trinajstić information content (AvgIpc) is 3.53. The van der Waals surface area contributed by atoms with Gasteiger partial charge in [0.05, 0.1) is 6.07 Å². The van der Waals surface area contributed by atoms with Crippen LogP contribution in [0, 0.1) is 30.9 Å². The average molecular weight is 536 g/mol. The summed E-state index contributed by atoms with van der Waals surface area (Å²) in [5.74, 6) is -0.748. The van der Waals surface area contributed by atoms with Crippen LogP contribution < -0.4 is 5.64 Å². The predicted molar refractivity (Wildman–Crippen MR) is 154 cm³/mol. The maximum Gasteiger partial charge on any atom is 0.245 e. The molecule has 1 aliphatic carbocycles. The van der Waals surface area contributed by atoms with Gasteiger partial charge in [-0.2, -0.15) is 0 Å². The first-order valence-corrected chi connectivity index (χ1v) is 13.7. The molecule has 2 saturated heterocycles. The lowest BCUT2D eigenvalue weighted by molar-refractivity contribution is -0.117. The van der Waals surface area contributed by atoms with Gasteiger partial charge in [0, 0.05) is 37.4 Å². The number of ether oxygens (including phenoxy) is 1. The highest BCUT2D eigenvalue weighted by molar-refractivity contribution is 6.32. The molecule has 4 nitrogen and oxygen atoms in total. The van der Waals surface area contributed by atoms with E-state index in [1.54, 1.807) is 37.3 Å². The first-order chi connectivity index (χ1) is 18.2. The van der Waals surface area contributed by atoms with Crippen molar-refractivity contribution < 1.29 is 22.7 Å². The minimum atomic E-state index is -0.963. The number of rotatable bonds is 3. The highest BCUT2D eigenvalue weighted by Crippen LogP contribution is 2.52. The molecule has 2 aromatic rings. The highest BCUT2D eigenvalue weighted by Gasteiger charge is 2.47. The van der Waals surface area contributed by atoms with Gasteiger partial charge in [-0.25, -0.2) is 8.78 Å². The van der Waals surface area contributed by atoms with Crippen LogP contribution >= 0.6 is 0 Å². The molecular weight excluding hydrogens is 488 g/mol. The van der Waals surface area contributed by atoms with Crippen molar-refractivity contribution in [1.29, 1.82) is 0 Å². The molecule has 3 aliphatic rings. The van der Waals surface area contributed by atoms with E-state index in [0.29, 0.717) is 22.1 Å². The normalized spacial score (nSPS) is 16.0. The summed E-state index contributed by atoms with van der Waals surface area (Å²) in [6.45, 7) is 16.9. The summed E-state index contributed by atoms with van der Waals surface area (Å²) in [7, 11) is 1.00. The van der Waals surface area contributed by atoms with Crippen LogP contribution in [0.4, 0.5) is 13.2 Å². The van der Waals surface area contributed by atoms with E-state index < -0.39 is 11.9 Å². The number of aryl methyl sites for hydroxylation is 2. The van der Waals surface area contributed by atoms with Crippen molar-refractivity contribution in [1.82, 2.24) is 4.90 Å². The fourth-order valence-electron chi connectivity index (χ4n) is 3.49. The fraction of sp³-hybridized carbons (Fsp3) is 0.567. The van der Waals surface area contributed by atoms with Gasteiger partial charge in [0.1, 0.15) is 11.6 Å². The predicted octanol–water partition coefficient (Wildman–Crippen LogP) is 7.22. The zero-order valence-corrected chi connectivity index (χ0v) is 24.3. The standard InChI is InChI=1S/C14H12F2.C7H11NO.C3H6O.C2H6BFN.2C2H6/c1-9-6-7-13(15)12(8-9)11-5-3-4-10(2)14(11)16;9-6-8-4-3-7(5-8)1-2-7;1-2-4-3-1;1-2(4)3-5;2*1-2/h3-8H,1-2H3;6H,1-5H2;1-3H2;2H,5H2,1H3;2*1-2H3. The maximum atomic E-state index is 13.8. The molecule has 3 fully saturated rings. The zero-order chi connectivity index (χ0) is 29.1. The molecule has 1 spiro atoms. The number of nitrogens with zero attached hydrogens (tertiary/aromatic N) is 1. The lowest BCUT2D eigenvalue weighted by Crippen LogP contribution is -2.18. The third-order valence-corrected chi connectivity index (χ3v) is 6.02. The Kier molecular flexibility index (Phi) is 18.5.